The van der Waals surface area contributed by atoms with E-state index >= 15 is 0 Å². The van der Waals surface area contributed by atoms with Gasteiger partial charge in [-0.15, -0.1) is 23.1 Å². The van der Waals surface area contributed by atoms with E-state index in [0.717, 1.165) is 5.56 Å². The normalized spacial score (nSPS) is 10.3. The minimum absolute atomic E-state index is 0.0794. The maximum absolute atomic E-state index is 10.7. The van der Waals surface area contributed by atoms with Crippen LogP contribution in [0.4, 0.5) is 11.4 Å². The minimum Gasteiger partial charge on any atom is -0.324 e. The second-order valence-electron chi connectivity index (χ2n) is 3.46. The molecule has 0 saturated heterocycles. The number of nitro groups is 1. The van der Waals surface area contributed by atoms with Crippen LogP contribution >= 0.6 is 23.1 Å². The Morgan fingerprint density at radius 3 is 2.89 bits per heavy atom. The number of nitrogens with zero attached hydrogens (tertiary/aromatic N) is 1. The van der Waals surface area contributed by atoms with Crippen LogP contribution in [0, 0.1) is 10.1 Å². The lowest BCUT2D eigenvalue weighted by molar-refractivity contribution is -0.384. The summed E-state index contributed by atoms with van der Waals surface area (Å²) in [4.78, 5) is 10.3. The van der Waals surface area contributed by atoms with Crippen molar-refractivity contribution in [1.82, 2.24) is 0 Å². The zero-order chi connectivity index (χ0) is 13.0. The van der Waals surface area contributed by atoms with E-state index in [9.17, 15) is 10.1 Å². The number of nitro benzene ring substituents is 1. The van der Waals surface area contributed by atoms with Crippen molar-refractivity contribution in [1.29, 1.82) is 0 Å². The summed E-state index contributed by atoms with van der Waals surface area (Å²) in [7, 11) is 0. The molecule has 0 aliphatic carbocycles. The van der Waals surface area contributed by atoms with E-state index in [0.29, 0.717) is 11.4 Å². The van der Waals surface area contributed by atoms with Gasteiger partial charge in [0.2, 0.25) is 0 Å². The van der Waals surface area contributed by atoms with E-state index < -0.39 is 4.92 Å². The van der Waals surface area contributed by atoms with Crippen molar-refractivity contribution in [2.45, 2.75) is 9.96 Å². The topological polar surface area (TPSA) is 81.2 Å². The maximum atomic E-state index is 10.7. The van der Waals surface area contributed by atoms with Gasteiger partial charge in [-0.05, 0) is 23.1 Å². The lowest BCUT2D eigenvalue weighted by Crippen LogP contribution is -2.09. The number of nitrogens with one attached hydrogen (secondary N) is 1. The van der Waals surface area contributed by atoms with Crippen LogP contribution in [0.15, 0.2) is 39.9 Å². The molecule has 0 bridgehead atoms. The van der Waals surface area contributed by atoms with Crippen molar-refractivity contribution in [3.8, 4) is 0 Å². The molecule has 0 atom stereocenters. The van der Waals surface area contributed by atoms with Crippen LogP contribution in [-0.4, -0.2) is 4.92 Å². The van der Waals surface area contributed by atoms with E-state index in [1.54, 1.807) is 35.2 Å². The molecular formula is C11H11N3O2S2. The number of nitrogens with two attached hydrogens (primary N) is 1. The molecule has 3 N–H and O–H groups in total. The number of anilines is 1. The molecule has 0 fully saturated rings. The number of nitrogen functional groups attached to an aromatic ring is 1. The van der Waals surface area contributed by atoms with Gasteiger partial charge in [-0.1, -0.05) is 6.07 Å². The monoisotopic (exact) mass is 281 g/mol. The molecule has 0 aliphatic heterocycles. The summed E-state index contributed by atoms with van der Waals surface area (Å²) < 4.78 is 1.17. The van der Waals surface area contributed by atoms with Crippen molar-refractivity contribution in [2.24, 2.45) is 5.84 Å². The molecular weight excluding hydrogens is 270 g/mol. The summed E-state index contributed by atoms with van der Waals surface area (Å²) in [5, 5.41) is 12.7. The SMILES string of the molecule is NNc1ccc([N+](=O)[O-])cc1CSc1cccs1. The lowest BCUT2D eigenvalue weighted by atomic mass is 10.2. The largest absolute Gasteiger partial charge is 0.324 e. The average molecular weight is 281 g/mol. The summed E-state index contributed by atoms with van der Waals surface area (Å²) in [6.07, 6.45) is 0. The van der Waals surface area contributed by atoms with Crippen LogP contribution in [0.25, 0.3) is 0 Å². The molecule has 18 heavy (non-hydrogen) atoms. The summed E-state index contributed by atoms with van der Waals surface area (Å²) in [6.45, 7) is 0. The summed E-state index contributed by atoms with van der Waals surface area (Å²) >= 11 is 3.27. The van der Waals surface area contributed by atoms with Gasteiger partial charge in [0.15, 0.2) is 0 Å². The first-order chi connectivity index (χ1) is 8.70. The number of hydrogen-bond donors (Lipinski definition) is 2. The van der Waals surface area contributed by atoms with Gasteiger partial charge in [-0.25, -0.2) is 0 Å². The molecule has 0 saturated carbocycles. The third-order valence-corrected chi connectivity index (χ3v) is 4.50. The lowest BCUT2D eigenvalue weighted by Gasteiger charge is -2.07. The van der Waals surface area contributed by atoms with Gasteiger partial charge < -0.3 is 5.43 Å². The number of thiophene rings is 1. The predicted octanol–water partition coefficient (Wildman–Crippen LogP) is 3.23. The average Bonchev–Trinajstić information content (AvgIpc) is 2.89. The first-order valence-corrected chi connectivity index (χ1v) is 6.97. The van der Waals surface area contributed by atoms with Gasteiger partial charge in [-0.2, -0.15) is 0 Å². The summed E-state index contributed by atoms with van der Waals surface area (Å²) in [5.41, 5.74) is 4.18. The van der Waals surface area contributed by atoms with Crippen molar-refractivity contribution >= 4 is 34.5 Å². The number of rotatable bonds is 5. The molecule has 2 aromatic rings. The Hall–Kier alpha value is -1.57. The van der Waals surface area contributed by atoms with E-state index in [2.05, 4.69) is 5.43 Å². The molecule has 0 unspecified atom stereocenters. The third-order valence-electron chi connectivity index (χ3n) is 2.32. The fraction of sp³-hybridized carbons (Fsp3) is 0.0909. The quantitative estimate of drug-likeness (QED) is 0.380. The first-order valence-electron chi connectivity index (χ1n) is 5.11. The molecule has 1 aromatic heterocycles. The van der Waals surface area contributed by atoms with Gasteiger partial charge in [-0.3, -0.25) is 16.0 Å². The highest BCUT2D eigenvalue weighted by Crippen LogP contribution is 2.31. The number of thioether (sulfide) groups is 1. The second-order valence-corrected chi connectivity index (χ2v) is 5.69. The van der Waals surface area contributed by atoms with Crippen LogP contribution in [0.3, 0.4) is 0 Å². The molecule has 1 heterocycles. The van der Waals surface area contributed by atoms with Gasteiger partial charge in [0.25, 0.3) is 5.69 Å². The number of hydrazine groups is 1. The number of benzene rings is 1. The second kappa shape index (κ2) is 5.85. The highest BCUT2D eigenvalue weighted by atomic mass is 32.2. The van der Waals surface area contributed by atoms with Gasteiger partial charge in [0.05, 0.1) is 14.8 Å². The standard InChI is InChI=1S/C11H11N3O2S2/c12-13-10-4-3-9(14(15)16)6-8(10)7-18-11-2-1-5-17-11/h1-6,13H,7,12H2. The van der Waals surface area contributed by atoms with Crippen LogP contribution in [0.1, 0.15) is 5.56 Å². The highest BCUT2D eigenvalue weighted by Gasteiger charge is 2.10. The van der Waals surface area contributed by atoms with Crippen LogP contribution < -0.4 is 11.3 Å². The Bertz CT molecular complexity index is 543. The molecule has 7 heteroatoms. The Kier molecular flexibility index (Phi) is 4.19. The minimum atomic E-state index is -0.403. The smallest absolute Gasteiger partial charge is 0.269 e. The molecule has 0 spiro atoms. The zero-order valence-corrected chi connectivity index (χ0v) is 11.0. The van der Waals surface area contributed by atoms with Crippen LogP contribution in [0.2, 0.25) is 0 Å². The Morgan fingerprint density at radius 2 is 2.28 bits per heavy atom. The molecule has 5 nitrogen and oxygen atoms in total. The van der Waals surface area contributed by atoms with Gasteiger partial charge >= 0.3 is 0 Å². The van der Waals surface area contributed by atoms with E-state index in [-0.39, 0.29) is 5.69 Å². The zero-order valence-electron chi connectivity index (χ0n) is 9.33. The summed E-state index contributed by atoms with van der Waals surface area (Å²) in [6, 6.07) is 8.61. The third kappa shape index (κ3) is 3.00. The number of hydrogen-bond acceptors (Lipinski definition) is 6. The molecule has 94 valence electrons. The Balaban J connectivity index is 2.18. The fourth-order valence-corrected chi connectivity index (χ4v) is 3.22. The Morgan fingerprint density at radius 1 is 1.44 bits per heavy atom. The van der Waals surface area contributed by atoms with Crippen molar-refractivity contribution in [3.05, 3.63) is 51.4 Å². The first kappa shape index (κ1) is 12.9. The molecule has 1 aromatic carbocycles. The van der Waals surface area contributed by atoms with Gasteiger partial charge in [0.1, 0.15) is 0 Å². The van der Waals surface area contributed by atoms with Crippen molar-refractivity contribution < 1.29 is 4.92 Å². The highest BCUT2D eigenvalue weighted by molar-refractivity contribution is 8.00. The van der Waals surface area contributed by atoms with E-state index in [4.69, 9.17) is 5.84 Å². The van der Waals surface area contributed by atoms with Crippen molar-refractivity contribution in [3.63, 3.8) is 0 Å². The summed E-state index contributed by atoms with van der Waals surface area (Å²) in [5.74, 6) is 6.04. The predicted molar refractivity (Wildman–Crippen MR) is 74.8 cm³/mol. The Labute approximate surface area is 112 Å². The van der Waals surface area contributed by atoms with Gasteiger partial charge in [0, 0.05) is 17.9 Å². The van der Waals surface area contributed by atoms with Crippen LogP contribution in [0.5, 0.6) is 0 Å². The molecule has 0 aliphatic rings. The van der Waals surface area contributed by atoms with E-state index in [1.165, 1.54) is 10.3 Å². The van der Waals surface area contributed by atoms with E-state index in [1.807, 2.05) is 17.5 Å². The molecule has 2 rings (SSSR count). The molecule has 0 radical (unpaired) electrons. The molecule has 0 amide bonds. The van der Waals surface area contributed by atoms with Crippen molar-refractivity contribution in [2.75, 3.05) is 5.43 Å². The number of non-ortho nitro benzene ring substituents is 1. The maximum Gasteiger partial charge on any atom is 0.269 e. The van der Waals surface area contributed by atoms with Crippen LogP contribution in [-0.2, 0) is 5.75 Å². The fourth-order valence-electron chi connectivity index (χ4n) is 1.45.